The molecule has 0 spiro atoms. The SMILES string of the molecule is [N-]=[N+]=NCCC=Cc1csc(C(=O)O)c1. The minimum absolute atomic E-state index is 0.324. The van der Waals surface area contributed by atoms with Crippen LogP contribution in [0.15, 0.2) is 22.6 Å². The lowest BCUT2D eigenvalue weighted by molar-refractivity contribution is 0.0702. The first-order valence-electron chi connectivity index (χ1n) is 4.23. The van der Waals surface area contributed by atoms with Gasteiger partial charge in [0.1, 0.15) is 4.88 Å². The molecule has 5 nitrogen and oxygen atoms in total. The highest BCUT2D eigenvalue weighted by atomic mass is 32.1. The first-order chi connectivity index (χ1) is 7.24. The van der Waals surface area contributed by atoms with Gasteiger partial charge < -0.3 is 5.11 Å². The van der Waals surface area contributed by atoms with Gasteiger partial charge in [0, 0.05) is 11.5 Å². The van der Waals surface area contributed by atoms with E-state index in [1.165, 1.54) is 11.3 Å². The normalized spacial score (nSPS) is 10.1. The molecule has 1 rings (SSSR count). The molecule has 1 aromatic heterocycles. The molecule has 0 saturated carbocycles. The van der Waals surface area contributed by atoms with Gasteiger partial charge in [-0.2, -0.15) is 0 Å². The summed E-state index contributed by atoms with van der Waals surface area (Å²) in [4.78, 5) is 13.5. The molecule has 0 amide bonds. The van der Waals surface area contributed by atoms with Crippen LogP contribution in [0.2, 0.25) is 0 Å². The maximum absolute atomic E-state index is 10.6. The van der Waals surface area contributed by atoms with Crippen LogP contribution in [0.3, 0.4) is 0 Å². The van der Waals surface area contributed by atoms with Gasteiger partial charge in [-0.15, -0.1) is 11.3 Å². The van der Waals surface area contributed by atoms with E-state index >= 15 is 0 Å². The van der Waals surface area contributed by atoms with E-state index < -0.39 is 5.97 Å². The summed E-state index contributed by atoms with van der Waals surface area (Å²) in [5.74, 6) is -0.909. The molecule has 0 saturated heterocycles. The van der Waals surface area contributed by atoms with Crippen molar-refractivity contribution >= 4 is 23.4 Å². The predicted octanol–water partition coefficient (Wildman–Crippen LogP) is 3.16. The van der Waals surface area contributed by atoms with Crippen LogP contribution in [0, 0.1) is 0 Å². The molecule has 0 aliphatic carbocycles. The number of thiophene rings is 1. The Bertz CT molecular complexity index is 419. The highest BCUT2D eigenvalue weighted by Gasteiger charge is 2.04. The van der Waals surface area contributed by atoms with Crippen LogP contribution < -0.4 is 0 Å². The molecule has 0 aromatic carbocycles. The van der Waals surface area contributed by atoms with E-state index in [4.69, 9.17) is 10.6 Å². The Hall–Kier alpha value is -1.78. The predicted molar refractivity (Wildman–Crippen MR) is 58.9 cm³/mol. The quantitative estimate of drug-likeness (QED) is 0.359. The van der Waals surface area contributed by atoms with Gasteiger partial charge in [0.2, 0.25) is 0 Å². The molecular formula is C9H9N3O2S. The minimum atomic E-state index is -0.909. The van der Waals surface area contributed by atoms with Crippen molar-refractivity contribution in [2.24, 2.45) is 5.11 Å². The van der Waals surface area contributed by atoms with E-state index in [2.05, 4.69) is 10.0 Å². The first kappa shape index (κ1) is 11.3. The Labute approximate surface area is 90.3 Å². The van der Waals surface area contributed by atoms with Crippen LogP contribution in [0.25, 0.3) is 16.5 Å². The van der Waals surface area contributed by atoms with E-state index in [0.717, 1.165) is 5.56 Å². The van der Waals surface area contributed by atoms with Gasteiger partial charge in [0.15, 0.2) is 0 Å². The number of nitrogens with zero attached hydrogens (tertiary/aromatic N) is 3. The van der Waals surface area contributed by atoms with Crippen LogP contribution in [-0.4, -0.2) is 17.6 Å². The summed E-state index contributed by atoms with van der Waals surface area (Å²) in [5.41, 5.74) is 8.88. The number of carboxylic acids is 1. The second-order valence-corrected chi connectivity index (χ2v) is 3.61. The molecule has 15 heavy (non-hydrogen) atoms. The Morgan fingerprint density at radius 1 is 1.73 bits per heavy atom. The van der Waals surface area contributed by atoms with Crippen LogP contribution in [0.5, 0.6) is 0 Å². The van der Waals surface area contributed by atoms with Crippen molar-refractivity contribution in [1.29, 1.82) is 0 Å². The molecule has 0 bridgehead atoms. The highest BCUT2D eigenvalue weighted by molar-refractivity contribution is 7.12. The third-order valence-electron chi connectivity index (χ3n) is 1.60. The molecule has 0 radical (unpaired) electrons. The summed E-state index contributed by atoms with van der Waals surface area (Å²) in [7, 11) is 0. The lowest BCUT2D eigenvalue weighted by atomic mass is 10.2. The van der Waals surface area contributed by atoms with Gasteiger partial charge in [-0.05, 0) is 29.0 Å². The van der Waals surface area contributed by atoms with Crippen molar-refractivity contribution in [1.82, 2.24) is 0 Å². The van der Waals surface area contributed by atoms with E-state index in [-0.39, 0.29) is 0 Å². The van der Waals surface area contributed by atoms with Gasteiger partial charge in [0.05, 0.1) is 0 Å². The zero-order valence-corrected chi connectivity index (χ0v) is 8.65. The van der Waals surface area contributed by atoms with Crippen LogP contribution in [-0.2, 0) is 0 Å². The number of aromatic carboxylic acids is 1. The van der Waals surface area contributed by atoms with Crippen LogP contribution >= 0.6 is 11.3 Å². The molecule has 0 fully saturated rings. The second kappa shape index (κ2) is 5.85. The monoisotopic (exact) mass is 223 g/mol. The third kappa shape index (κ3) is 3.84. The average Bonchev–Trinajstić information content (AvgIpc) is 2.66. The van der Waals surface area contributed by atoms with Crippen LogP contribution in [0.4, 0.5) is 0 Å². The lowest BCUT2D eigenvalue weighted by Gasteiger charge is -1.84. The maximum Gasteiger partial charge on any atom is 0.345 e. The average molecular weight is 223 g/mol. The zero-order chi connectivity index (χ0) is 11.1. The summed E-state index contributed by atoms with van der Waals surface area (Å²) in [6.45, 7) is 0.420. The van der Waals surface area contributed by atoms with Crippen molar-refractivity contribution in [3.63, 3.8) is 0 Å². The van der Waals surface area contributed by atoms with Crippen LogP contribution in [0.1, 0.15) is 21.7 Å². The van der Waals surface area contributed by atoms with E-state index in [1.807, 2.05) is 12.2 Å². The molecule has 0 atom stereocenters. The van der Waals surface area contributed by atoms with Crippen molar-refractivity contribution < 1.29 is 9.90 Å². The lowest BCUT2D eigenvalue weighted by Crippen LogP contribution is -1.89. The molecule has 0 aliphatic rings. The Morgan fingerprint density at radius 3 is 3.13 bits per heavy atom. The van der Waals surface area contributed by atoms with Crippen molar-refractivity contribution in [2.45, 2.75) is 6.42 Å². The van der Waals surface area contributed by atoms with E-state index in [1.54, 1.807) is 11.4 Å². The van der Waals surface area contributed by atoms with E-state index in [9.17, 15) is 4.79 Å². The summed E-state index contributed by atoms with van der Waals surface area (Å²) in [5, 5.41) is 13.8. The molecule has 78 valence electrons. The number of azide groups is 1. The number of carboxylic acid groups (broad SMARTS) is 1. The smallest absolute Gasteiger partial charge is 0.345 e. The minimum Gasteiger partial charge on any atom is -0.477 e. The third-order valence-corrected chi connectivity index (χ3v) is 2.54. The largest absolute Gasteiger partial charge is 0.477 e. The van der Waals surface area contributed by atoms with Crippen molar-refractivity contribution in [3.8, 4) is 0 Å². The molecular weight excluding hydrogens is 214 g/mol. The Balaban J connectivity index is 2.49. The molecule has 1 N–H and O–H groups in total. The molecule has 1 aromatic rings. The molecule has 0 aliphatic heterocycles. The first-order valence-corrected chi connectivity index (χ1v) is 5.11. The fourth-order valence-electron chi connectivity index (χ4n) is 0.947. The number of carbonyl (C=O) groups is 1. The summed E-state index contributed by atoms with van der Waals surface area (Å²) in [6, 6.07) is 1.61. The van der Waals surface area contributed by atoms with E-state index in [0.29, 0.717) is 17.8 Å². The Morgan fingerprint density at radius 2 is 2.53 bits per heavy atom. The standard InChI is InChI=1S/C9H9N3O2S/c10-12-11-4-2-1-3-7-5-8(9(13)14)15-6-7/h1,3,5-6H,2,4H2,(H,13,14). The van der Waals surface area contributed by atoms with Crippen molar-refractivity contribution in [2.75, 3.05) is 6.54 Å². The van der Waals surface area contributed by atoms with Gasteiger partial charge in [-0.1, -0.05) is 17.3 Å². The van der Waals surface area contributed by atoms with Crippen molar-refractivity contribution in [3.05, 3.63) is 38.4 Å². The van der Waals surface area contributed by atoms with Gasteiger partial charge in [0.25, 0.3) is 0 Å². The Kier molecular flexibility index (Phi) is 4.40. The highest BCUT2D eigenvalue weighted by Crippen LogP contribution is 2.15. The summed E-state index contributed by atoms with van der Waals surface area (Å²) >= 11 is 1.19. The summed E-state index contributed by atoms with van der Waals surface area (Å²) < 4.78 is 0. The maximum atomic E-state index is 10.6. The second-order valence-electron chi connectivity index (χ2n) is 2.69. The number of rotatable bonds is 5. The van der Waals surface area contributed by atoms with Gasteiger partial charge >= 0.3 is 5.97 Å². The molecule has 0 unspecified atom stereocenters. The number of hydrogen-bond donors (Lipinski definition) is 1. The topological polar surface area (TPSA) is 86.1 Å². The fraction of sp³-hybridized carbons (Fsp3) is 0.222. The fourth-order valence-corrected chi connectivity index (χ4v) is 1.66. The molecule has 1 heterocycles. The molecule has 6 heteroatoms. The number of hydrogen-bond acceptors (Lipinski definition) is 3. The van der Waals surface area contributed by atoms with Gasteiger partial charge in [-0.3, -0.25) is 0 Å². The van der Waals surface area contributed by atoms with Gasteiger partial charge in [-0.25, -0.2) is 4.79 Å². The summed E-state index contributed by atoms with van der Waals surface area (Å²) in [6.07, 6.45) is 4.32. The zero-order valence-electron chi connectivity index (χ0n) is 7.83.